The molecule has 8 heteroatoms. The number of hydrogen-bond acceptors (Lipinski definition) is 5. The van der Waals surface area contributed by atoms with Crippen LogP contribution < -0.4 is 5.32 Å². The smallest absolute Gasteiger partial charge is 0.221 e. The lowest BCUT2D eigenvalue weighted by molar-refractivity contribution is -0.121. The molecule has 2 aromatic heterocycles. The molecule has 1 N–H and O–H groups in total. The van der Waals surface area contributed by atoms with E-state index >= 15 is 0 Å². The Hall–Kier alpha value is -2.19. The number of nitrogens with one attached hydrogen (secondary N) is 1. The van der Waals surface area contributed by atoms with Gasteiger partial charge in [0.1, 0.15) is 5.76 Å². The van der Waals surface area contributed by atoms with Crippen LogP contribution in [0.2, 0.25) is 0 Å². The monoisotopic (exact) mass is 337 g/mol. The number of nitrogens with zero attached hydrogens (tertiary/aromatic N) is 2. The molecule has 0 saturated carbocycles. The van der Waals surface area contributed by atoms with Gasteiger partial charge in [-0.25, -0.2) is 8.42 Å². The summed E-state index contributed by atoms with van der Waals surface area (Å²) in [5.41, 5.74) is 0.633. The van der Waals surface area contributed by atoms with Gasteiger partial charge in [0.15, 0.2) is 0 Å². The van der Waals surface area contributed by atoms with Gasteiger partial charge in [0.05, 0.1) is 31.3 Å². The third-order valence-corrected chi connectivity index (χ3v) is 4.41. The highest BCUT2D eigenvalue weighted by Gasteiger charge is 2.18. The van der Waals surface area contributed by atoms with Gasteiger partial charge in [0.2, 0.25) is 15.9 Å². The molecule has 0 fully saturated rings. The Morgan fingerprint density at radius 2 is 2.13 bits per heavy atom. The Balaban J connectivity index is 1.87. The maximum Gasteiger partial charge on any atom is 0.221 e. The first kappa shape index (κ1) is 17.2. The fraction of sp³-hybridized carbons (Fsp3) is 0.333. The van der Waals surface area contributed by atoms with Crippen molar-refractivity contribution < 1.29 is 17.6 Å². The van der Waals surface area contributed by atoms with Crippen LogP contribution in [0.25, 0.3) is 0 Å². The Bertz CT molecular complexity index is 714. The van der Waals surface area contributed by atoms with E-state index in [9.17, 15) is 13.2 Å². The van der Waals surface area contributed by atoms with E-state index in [1.165, 1.54) is 10.6 Å². The second-order valence-corrected chi connectivity index (χ2v) is 7.01. The first-order valence-corrected chi connectivity index (χ1v) is 8.94. The van der Waals surface area contributed by atoms with E-state index in [1.54, 1.807) is 36.5 Å². The third kappa shape index (κ3) is 5.84. The molecule has 0 unspecified atom stereocenters. The Kier molecular flexibility index (Phi) is 5.89. The van der Waals surface area contributed by atoms with Crippen molar-refractivity contribution in [1.82, 2.24) is 14.6 Å². The summed E-state index contributed by atoms with van der Waals surface area (Å²) in [7, 11) is -3.42. The van der Waals surface area contributed by atoms with Gasteiger partial charge in [0, 0.05) is 19.2 Å². The lowest BCUT2D eigenvalue weighted by atomic mass is 10.3. The zero-order valence-corrected chi connectivity index (χ0v) is 13.6. The van der Waals surface area contributed by atoms with Crippen LogP contribution in [0.4, 0.5) is 0 Å². The fourth-order valence-electron chi connectivity index (χ4n) is 1.95. The molecule has 2 aromatic rings. The van der Waals surface area contributed by atoms with Crippen LogP contribution in [0.15, 0.2) is 47.2 Å². The van der Waals surface area contributed by atoms with Gasteiger partial charge in [0.25, 0.3) is 0 Å². The van der Waals surface area contributed by atoms with Gasteiger partial charge in [-0.1, -0.05) is 6.07 Å². The molecule has 1 amide bonds. The Morgan fingerprint density at radius 1 is 1.30 bits per heavy atom. The van der Waals surface area contributed by atoms with E-state index in [1.807, 2.05) is 0 Å². The molecule has 2 heterocycles. The van der Waals surface area contributed by atoms with Crippen LogP contribution in [0.3, 0.4) is 0 Å². The minimum atomic E-state index is -3.42. The summed E-state index contributed by atoms with van der Waals surface area (Å²) in [6, 6.07) is 8.79. The van der Waals surface area contributed by atoms with Gasteiger partial charge in [-0.05, 0) is 24.3 Å². The van der Waals surface area contributed by atoms with Gasteiger partial charge < -0.3 is 9.73 Å². The van der Waals surface area contributed by atoms with Gasteiger partial charge in [-0.2, -0.15) is 4.31 Å². The average molecular weight is 337 g/mol. The van der Waals surface area contributed by atoms with Crippen LogP contribution in [-0.4, -0.2) is 36.4 Å². The molecule has 0 atom stereocenters. The number of pyridine rings is 1. The quantitative estimate of drug-likeness (QED) is 0.780. The van der Waals surface area contributed by atoms with E-state index in [2.05, 4.69) is 10.3 Å². The predicted octanol–water partition coefficient (Wildman–Crippen LogP) is 1.14. The molecule has 0 spiro atoms. The van der Waals surface area contributed by atoms with Crippen molar-refractivity contribution >= 4 is 15.9 Å². The number of rotatable bonds is 8. The molecule has 23 heavy (non-hydrogen) atoms. The van der Waals surface area contributed by atoms with Gasteiger partial charge in [-0.15, -0.1) is 0 Å². The maximum atomic E-state index is 11.8. The fourth-order valence-corrected chi connectivity index (χ4v) is 2.74. The zero-order chi connectivity index (χ0) is 16.7. The lowest BCUT2D eigenvalue weighted by Gasteiger charge is -2.19. The van der Waals surface area contributed by atoms with Crippen LogP contribution in [0.1, 0.15) is 17.9 Å². The molecule has 0 aliphatic heterocycles. The van der Waals surface area contributed by atoms with Crippen LogP contribution in [0.5, 0.6) is 0 Å². The lowest BCUT2D eigenvalue weighted by Crippen LogP contribution is -2.34. The first-order chi connectivity index (χ1) is 10.9. The minimum absolute atomic E-state index is 0.0701. The van der Waals surface area contributed by atoms with Crippen molar-refractivity contribution in [1.29, 1.82) is 0 Å². The molecular weight excluding hydrogens is 318 g/mol. The summed E-state index contributed by atoms with van der Waals surface area (Å²) < 4.78 is 30.0. The second-order valence-electron chi connectivity index (χ2n) is 5.02. The number of aromatic nitrogens is 1. The van der Waals surface area contributed by atoms with Crippen LogP contribution in [-0.2, 0) is 27.9 Å². The molecule has 0 bridgehead atoms. The second kappa shape index (κ2) is 7.89. The van der Waals surface area contributed by atoms with E-state index in [4.69, 9.17) is 4.42 Å². The van der Waals surface area contributed by atoms with E-state index in [-0.39, 0.29) is 32.0 Å². The standard InChI is InChI=1S/C15H19N3O4S/c1-23(20,21)18(12-13-5-2-3-8-16-13)9-7-15(19)17-11-14-6-4-10-22-14/h2-6,8,10H,7,9,11-12H2,1H3,(H,17,19). The highest BCUT2D eigenvalue weighted by Crippen LogP contribution is 2.07. The van der Waals surface area contributed by atoms with E-state index in [0.29, 0.717) is 11.5 Å². The number of furan rings is 1. The predicted molar refractivity (Wildman–Crippen MR) is 84.7 cm³/mol. The summed E-state index contributed by atoms with van der Waals surface area (Å²) in [5, 5.41) is 2.69. The summed E-state index contributed by atoms with van der Waals surface area (Å²) in [6.45, 7) is 0.523. The molecule has 0 saturated heterocycles. The molecular formula is C15H19N3O4S. The Morgan fingerprint density at radius 3 is 2.74 bits per heavy atom. The van der Waals surface area contributed by atoms with E-state index < -0.39 is 10.0 Å². The number of amides is 1. The van der Waals surface area contributed by atoms with Crippen molar-refractivity contribution in [3.8, 4) is 0 Å². The number of carbonyl (C=O) groups is 1. The summed E-state index contributed by atoms with van der Waals surface area (Å²) in [5.74, 6) is 0.405. The molecule has 0 aliphatic rings. The SMILES string of the molecule is CS(=O)(=O)N(CCC(=O)NCc1ccco1)Cc1ccccn1. The number of hydrogen-bond donors (Lipinski definition) is 1. The topological polar surface area (TPSA) is 92.5 Å². The highest BCUT2D eigenvalue weighted by atomic mass is 32.2. The molecule has 0 radical (unpaired) electrons. The molecule has 0 aromatic carbocycles. The number of carbonyl (C=O) groups excluding carboxylic acids is 1. The van der Waals surface area contributed by atoms with Crippen molar-refractivity contribution in [3.63, 3.8) is 0 Å². The maximum absolute atomic E-state index is 11.8. The van der Waals surface area contributed by atoms with Crippen molar-refractivity contribution in [3.05, 3.63) is 54.2 Å². The largest absolute Gasteiger partial charge is 0.467 e. The average Bonchev–Trinajstić information content (AvgIpc) is 3.02. The molecule has 124 valence electrons. The summed E-state index contributed by atoms with van der Waals surface area (Å²) in [4.78, 5) is 15.9. The Labute approximate surface area is 135 Å². The van der Waals surface area contributed by atoms with Crippen molar-refractivity contribution in [2.24, 2.45) is 0 Å². The number of sulfonamides is 1. The zero-order valence-electron chi connectivity index (χ0n) is 12.8. The van der Waals surface area contributed by atoms with Crippen molar-refractivity contribution in [2.45, 2.75) is 19.5 Å². The van der Waals surface area contributed by atoms with Gasteiger partial charge >= 0.3 is 0 Å². The third-order valence-electron chi connectivity index (χ3n) is 3.16. The molecule has 2 rings (SSSR count). The first-order valence-electron chi connectivity index (χ1n) is 7.09. The molecule has 7 nitrogen and oxygen atoms in total. The van der Waals surface area contributed by atoms with Gasteiger partial charge in [-0.3, -0.25) is 9.78 Å². The molecule has 0 aliphatic carbocycles. The summed E-state index contributed by atoms with van der Waals surface area (Å²) >= 11 is 0. The normalized spacial score (nSPS) is 11.6. The highest BCUT2D eigenvalue weighted by molar-refractivity contribution is 7.88. The van der Waals surface area contributed by atoms with Crippen LogP contribution >= 0.6 is 0 Å². The van der Waals surface area contributed by atoms with E-state index in [0.717, 1.165) is 6.26 Å². The summed E-state index contributed by atoms with van der Waals surface area (Å²) in [6.07, 6.45) is 4.32. The van der Waals surface area contributed by atoms with Crippen LogP contribution in [0, 0.1) is 0 Å². The van der Waals surface area contributed by atoms with Crippen molar-refractivity contribution in [2.75, 3.05) is 12.8 Å². The minimum Gasteiger partial charge on any atom is -0.467 e.